The second kappa shape index (κ2) is 7.43. The maximum absolute atomic E-state index is 12.6. The number of alkyl halides is 1. The van der Waals surface area contributed by atoms with Crippen LogP contribution in [0.4, 0.5) is 0 Å². The lowest BCUT2D eigenvalue weighted by molar-refractivity contribution is 0.364. The summed E-state index contributed by atoms with van der Waals surface area (Å²) >= 11 is 5.64. The van der Waals surface area contributed by atoms with Crippen molar-refractivity contribution in [2.45, 2.75) is 50.0 Å². The fourth-order valence-corrected chi connectivity index (χ4v) is 4.02. The molecule has 0 spiro atoms. The monoisotopic (exact) mass is 319 g/mol. The number of aromatic nitrogens is 2. The molecule has 1 saturated heterocycles. The van der Waals surface area contributed by atoms with Gasteiger partial charge in [0.25, 0.3) is 0 Å². The van der Waals surface area contributed by atoms with Gasteiger partial charge in [0.05, 0.1) is 6.20 Å². The number of sulfonamides is 1. The zero-order valence-corrected chi connectivity index (χ0v) is 13.2. The first-order valence-electron chi connectivity index (χ1n) is 7.23. The van der Waals surface area contributed by atoms with E-state index >= 15 is 0 Å². The normalized spacial score (nSPS) is 18.6. The standard InChI is InChI=1S/C13H22ClN3O2S/c14-7-6-8-16-12-13(11-15-16)20(18,19)17-9-4-2-1-3-5-10-17/h11-12H,1-10H2. The average molecular weight is 320 g/mol. The van der Waals surface area contributed by atoms with Crippen molar-refractivity contribution in [3.63, 3.8) is 0 Å². The molecule has 20 heavy (non-hydrogen) atoms. The molecule has 0 unspecified atom stereocenters. The molecule has 0 amide bonds. The summed E-state index contributed by atoms with van der Waals surface area (Å²) in [5.41, 5.74) is 0. The topological polar surface area (TPSA) is 55.2 Å². The van der Waals surface area contributed by atoms with Crippen LogP contribution in [0.5, 0.6) is 0 Å². The van der Waals surface area contributed by atoms with E-state index in [2.05, 4.69) is 5.10 Å². The van der Waals surface area contributed by atoms with Crippen molar-refractivity contribution in [1.82, 2.24) is 14.1 Å². The van der Waals surface area contributed by atoms with Crippen molar-refractivity contribution in [3.8, 4) is 0 Å². The first-order chi connectivity index (χ1) is 9.64. The lowest BCUT2D eigenvalue weighted by Crippen LogP contribution is -2.33. The Morgan fingerprint density at radius 3 is 2.45 bits per heavy atom. The molecule has 114 valence electrons. The minimum atomic E-state index is -3.39. The molecule has 0 N–H and O–H groups in total. The van der Waals surface area contributed by atoms with Crippen LogP contribution in [0.1, 0.15) is 38.5 Å². The summed E-state index contributed by atoms with van der Waals surface area (Å²) in [7, 11) is -3.39. The van der Waals surface area contributed by atoms with Crippen LogP contribution >= 0.6 is 11.6 Å². The first-order valence-corrected chi connectivity index (χ1v) is 9.20. The van der Waals surface area contributed by atoms with E-state index in [4.69, 9.17) is 11.6 Å². The van der Waals surface area contributed by atoms with Crippen LogP contribution < -0.4 is 0 Å². The largest absolute Gasteiger partial charge is 0.271 e. The highest BCUT2D eigenvalue weighted by atomic mass is 35.5. The molecule has 1 aliphatic rings. The molecule has 0 atom stereocenters. The number of hydrogen-bond donors (Lipinski definition) is 0. The Bertz CT molecular complexity index is 507. The number of halogens is 1. The van der Waals surface area contributed by atoms with Crippen LogP contribution in [-0.2, 0) is 16.6 Å². The highest BCUT2D eigenvalue weighted by Gasteiger charge is 2.25. The molecule has 1 aromatic heterocycles. The minimum absolute atomic E-state index is 0.299. The van der Waals surface area contributed by atoms with Gasteiger partial charge in [-0.25, -0.2) is 8.42 Å². The Hall–Kier alpha value is -0.590. The van der Waals surface area contributed by atoms with Crippen molar-refractivity contribution >= 4 is 21.6 Å². The van der Waals surface area contributed by atoms with Crippen molar-refractivity contribution in [2.24, 2.45) is 0 Å². The van der Waals surface area contributed by atoms with Gasteiger partial charge in [-0.2, -0.15) is 9.40 Å². The van der Waals surface area contributed by atoms with Crippen LogP contribution in [0.3, 0.4) is 0 Å². The summed E-state index contributed by atoms with van der Waals surface area (Å²) in [4.78, 5) is 0.299. The Kier molecular flexibility index (Phi) is 5.86. The van der Waals surface area contributed by atoms with Gasteiger partial charge < -0.3 is 0 Å². The van der Waals surface area contributed by atoms with Gasteiger partial charge in [-0.15, -0.1) is 11.6 Å². The Morgan fingerprint density at radius 1 is 1.15 bits per heavy atom. The van der Waals surface area contributed by atoms with E-state index in [0.717, 1.165) is 32.1 Å². The molecule has 1 fully saturated rings. The number of aryl methyl sites for hydroxylation is 1. The van der Waals surface area contributed by atoms with E-state index in [9.17, 15) is 8.42 Å². The van der Waals surface area contributed by atoms with E-state index < -0.39 is 10.0 Å². The highest BCUT2D eigenvalue weighted by Crippen LogP contribution is 2.19. The molecule has 1 aliphatic heterocycles. The third-order valence-corrected chi connectivity index (χ3v) is 5.70. The number of hydrogen-bond acceptors (Lipinski definition) is 3. The zero-order chi connectivity index (χ0) is 14.4. The fourth-order valence-electron chi connectivity index (χ4n) is 2.43. The zero-order valence-electron chi connectivity index (χ0n) is 11.7. The quantitative estimate of drug-likeness (QED) is 0.783. The summed E-state index contributed by atoms with van der Waals surface area (Å²) in [5, 5.41) is 4.11. The lowest BCUT2D eigenvalue weighted by atomic mass is 10.1. The van der Waals surface area contributed by atoms with E-state index in [1.807, 2.05) is 0 Å². The SMILES string of the molecule is O=S(=O)(c1cnn(CCCCl)c1)N1CCCCCCC1. The van der Waals surface area contributed by atoms with Gasteiger partial charge >= 0.3 is 0 Å². The summed E-state index contributed by atoms with van der Waals surface area (Å²) < 4.78 is 28.4. The van der Waals surface area contributed by atoms with E-state index in [-0.39, 0.29) is 0 Å². The van der Waals surface area contributed by atoms with Gasteiger partial charge in [0, 0.05) is 31.7 Å². The van der Waals surface area contributed by atoms with Gasteiger partial charge in [-0.05, 0) is 19.3 Å². The van der Waals surface area contributed by atoms with Crippen molar-refractivity contribution < 1.29 is 8.42 Å². The molecule has 7 heteroatoms. The Labute approximate surface area is 126 Å². The molecule has 0 aromatic carbocycles. The van der Waals surface area contributed by atoms with E-state index in [1.165, 1.54) is 12.6 Å². The molecular weight excluding hydrogens is 298 g/mol. The van der Waals surface area contributed by atoms with Crippen LogP contribution in [-0.4, -0.2) is 41.5 Å². The summed E-state index contributed by atoms with van der Waals surface area (Å²) in [5.74, 6) is 0.550. The predicted molar refractivity (Wildman–Crippen MR) is 79.4 cm³/mol. The van der Waals surface area contributed by atoms with Crippen molar-refractivity contribution in [2.75, 3.05) is 19.0 Å². The fraction of sp³-hybridized carbons (Fsp3) is 0.769. The molecule has 1 aromatic rings. The highest BCUT2D eigenvalue weighted by molar-refractivity contribution is 7.89. The Balaban J connectivity index is 2.09. The summed E-state index contributed by atoms with van der Waals surface area (Å²) in [6, 6.07) is 0. The second-order valence-corrected chi connectivity index (χ2v) is 7.47. The number of rotatable bonds is 5. The average Bonchev–Trinajstić information content (AvgIpc) is 2.84. The van der Waals surface area contributed by atoms with Crippen LogP contribution in [0, 0.1) is 0 Å². The molecule has 0 bridgehead atoms. The second-order valence-electron chi connectivity index (χ2n) is 5.15. The Morgan fingerprint density at radius 2 is 1.80 bits per heavy atom. The van der Waals surface area contributed by atoms with E-state index in [1.54, 1.807) is 15.2 Å². The van der Waals surface area contributed by atoms with Crippen LogP contribution in [0.15, 0.2) is 17.3 Å². The third kappa shape index (κ3) is 3.96. The molecule has 2 heterocycles. The van der Waals surface area contributed by atoms with Gasteiger partial charge in [0.15, 0.2) is 0 Å². The summed E-state index contributed by atoms with van der Waals surface area (Å²) in [6.07, 6.45) is 9.17. The molecule has 0 radical (unpaired) electrons. The molecule has 0 saturated carbocycles. The first kappa shape index (κ1) is 15.8. The van der Waals surface area contributed by atoms with Crippen LogP contribution in [0.2, 0.25) is 0 Å². The van der Waals surface area contributed by atoms with Crippen LogP contribution in [0.25, 0.3) is 0 Å². The lowest BCUT2D eigenvalue weighted by Gasteiger charge is -2.23. The van der Waals surface area contributed by atoms with Gasteiger partial charge in [-0.3, -0.25) is 4.68 Å². The van der Waals surface area contributed by atoms with Gasteiger partial charge in [0.2, 0.25) is 10.0 Å². The molecule has 2 rings (SSSR count). The summed E-state index contributed by atoms with van der Waals surface area (Å²) in [6.45, 7) is 1.89. The van der Waals surface area contributed by atoms with E-state index in [0.29, 0.717) is 30.4 Å². The predicted octanol–water partition coefficient (Wildman–Crippen LogP) is 2.47. The number of nitrogens with zero attached hydrogens (tertiary/aromatic N) is 3. The van der Waals surface area contributed by atoms with Crippen molar-refractivity contribution in [1.29, 1.82) is 0 Å². The smallest absolute Gasteiger partial charge is 0.246 e. The minimum Gasteiger partial charge on any atom is -0.271 e. The molecule has 5 nitrogen and oxygen atoms in total. The third-order valence-electron chi connectivity index (χ3n) is 3.58. The van der Waals surface area contributed by atoms with Gasteiger partial charge in [-0.1, -0.05) is 19.3 Å². The molecular formula is C13H22ClN3O2S. The van der Waals surface area contributed by atoms with Gasteiger partial charge in [0.1, 0.15) is 4.90 Å². The maximum atomic E-state index is 12.6. The molecule has 0 aliphatic carbocycles. The maximum Gasteiger partial charge on any atom is 0.246 e. The van der Waals surface area contributed by atoms with Crippen molar-refractivity contribution in [3.05, 3.63) is 12.4 Å².